The van der Waals surface area contributed by atoms with Gasteiger partial charge in [-0.15, -0.1) is 0 Å². The van der Waals surface area contributed by atoms with Gasteiger partial charge in [0, 0.05) is 11.9 Å². The van der Waals surface area contributed by atoms with Crippen LogP contribution < -0.4 is 5.32 Å². The molecule has 0 atom stereocenters. The Morgan fingerprint density at radius 2 is 1.62 bits per heavy atom. The summed E-state index contributed by atoms with van der Waals surface area (Å²) in [6.45, 7) is 0. The Hall–Kier alpha value is -1.31. The van der Waals surface area contributed by atoms with E-state index >= 15 is 0 Å². The number of halogens is 7. The van der Waals surface area contributed by atoms with Crippen LogP contribution in [0, 0.1) is 5.82 Å². The van der Waals surface area contributed by atoms with E-state index in [0.717, 1.165) is 12.1 Å². The Balaban J connectivity index is 2.46. The number of hydrogen-bond acceptors (Lipinski definition) is 3. The highest BCUT2D eigenvalue weighted by Crippen LogP contribution is 2.36. The van der Waals surface area contributed by atoms with Gasteiger partial charge in [-0.1, -0.05) is 23.2 Å². The topological polar surface area (TPSA) is 37.8 Å². The molecule has 3 nitrogen and oxygen atoms in total. The van der Waals surface area contributed by atoms with Crippen molar-refractivity contribution in [3.05, 3.63) is 45.0 Å². The molecule has 0 aliphatic heterocycles. The van der Waals surface area contributed by atoms with E-state index in [1.54, 1.807) is 0 Å². The highest BCUT2D eigenvalue weighted by molar-refractivity contribution is 6.35. The Bertz CT molecular complexity index is 668. The van der Waals surface area contributed by atoms with Crippen LogP contribution in [0.1, 0.15) is 5.56 Å². The van der Waals surface area contributed by atoms with Crippen molar-refractivity contribution in [1.82, 2.24) is 9.97 Å². The van der Waals surface area contributed by atoms with E-state index in [2.05, 4.69) is 15.3 Å². The molecule has 10 heteroatoms. The Kier molecular flexibility index (Phi) is 4.46. The number of rotatable bonds is 2. The SMILES string of the molecule is Fc1c(Cl)cc(Nc2nc(Cl)ncc2C(F)(F)F)cc1Cl. The van der Waals surface area contributed by atoms with Gasteiger partial charge < -0.3 is 5.32 Å². The lowest BCUT2D eigenvalue weighted by Crippen LogP contribution is -2.11. The third kappa shape index (κ3) is 3.66. The minimum absolute atomic E-state index is 0.0201. The molecule has 0 radical (unpaired) electrons. The van der Waals surface area contributed by atoms with Gasteiger partial charge in [-0.05, 0) is 23.7 Å². The minimum atomic E-state index is -4.69. The average Bonchev–Trinajstić information content (AvgIpc) is 2.34. The van der Waals surface area contributed by atoms with Gasteiger partial charge in [0.2, 0.25) is 5.28 Å². The van der Waals surface area contributed by atoms with Crippen LogP contribution in [0.4, 0.5) is 29.1 Å². The zero-order valence-electron chi connectivity index (χ0n) is 9.77. The van der Waals surface area contributed by atoms with E-state index in [4.69, 9.17) is 34.8 Å². The van der Waals surface area contributed by atoms with E-state index in [9.17, 15) is 17.6 Å². The normalized spacial score (nSPS) is 11.6. The highest BCUT2D eigenvalue weighted by atomic mass is 35.5. The zero-order chi connectivity index (χ0) is 15.8. The third-order valence-corrected chi connectivity index (χ3v) is 3.04. The van der Waals surface area contributed by atoms with E-state index in [1.807, 2.05) is 0 Å². The molecule has 0 bridgehead atoms. The molecule has 2 rings (SSSR count). The first-order valence-electron chi connectivity index (χ1n) is 5.20. The van der Waals surface area contributed by atoms with Gasteiger partial charge in [0.1, 0.15) is 11.4 Å². The van der Waals surface area contributed by atoms with E-state index < -0.39 is 23.4 Å². The lowest BCUT2D eigenvalue weighted by molar-refractivity contribution is -0.137. The van der Waals surface area contributed by atoms with Crippen molar-refractivity contribution < 1.29 is 17.6 Å². The second-order valence-electron chi connectivity index (χ2n) is 3.78. The van der Waals surface area contributed by atoms with Gasteiger partial charge in [0.25, 0.3) is 0 Å². The molecular weight excluding hydrogens is 356 g/mol. The summed E-state index contributed by atoms with van der Waals surface area (Å²) in [6.07, 6.45) is -4.16. The summed E-state index contributed by atoms with van der Waals surface area (Å²) in [5.41, 5.74) is -1.12. The quantitative estimate of drug-likeness (QED) is 0.446. The van der Waals surface area contributed by atoms with Crippen molar-refractivity contribution in [2.24, 2.45) is 0 Å². The molecule has 1 aromatic heterocycles. The molecule has 1 aromatic carbocycles. The second kappa shape index (κ2) is 5.82. The predicted molar refractivity (Wildman–Crippen MR) is 71.7 cm³/mol. The van der Waals surface area contributed by atoms with Gasteiger partial charge in [0.05, 0.1) is 10.0 Å². The third-order valence-electron chi connectivity index (χ3n) is 2.31. The number of nitrogens with zero attached hydrogens (tertiary/aromatic N) is 2. The molecule has 0 saturated carbocycles. The summed E-state index contributed by atoms with van der Waals surface area (Å²) in [4.78, 5) is 6.74. The van der Waals surface area contributed by atoms with Gasteiger partial charge in [-0.3, -0.25) is 0 Å². The Morgan fingerprint density at radius 3 is 2.14 bits per heavy atom. The second-order valence-corrected chi connectivity index (χ2v) is 4.93. The van der Waals surface area contributed by atoms with E-state index in [1.165, 1.54) is 0 Å². The molecular formula is C11H4Cl3F4N3. The maximum absolute atomic E-state index is 13.3. The number of nitrogens with one attached hydrogen (secondary N) is 1. The van der Waals surface area contributed by atoms with Crippen molar-refractivity contribution >= 4 is 46.3 Å². The smallest absolute Gasteiger partial charge is 0.339 e. The highest BCUT2D eigenvalue weighted by Gasteiger charge is 2.35. The molecule has 21 heavy (non-hydrogen) atoms. The fourth-order valence-electron chi connectivity index (χ4n) is 1.43. The number of aromatic nitrogens is 2. The van der Waals surface area contributed by atoms with Crippen molar-refractivity contribution in [3.63, 3.8) is 0 Å². The van der Waals surface area contributed by atoms with Gasteiger partial charge in [-0.2, -0.15) is 18.2 Å². The summed E-state index contributed by atoms with van der Waals surface area (Å²) in [5, 5.41) is 1.26. The van der Waals surface area contributed by atoms with Crippen LogP contribution in [0.25, 0.3) is 0 Å². The fraction of sp³-hybridized carbons (Fsp3) is 0.0909. The van der Waals surface area contributed by atoms with Crippen LogP contribution in [0.3, 0.4) is 0 Å². The van der Waals surface area contributed by atoms with Crippen molar-refractivity contribution in [3.8, 4) is 0 Å². The molecule has 0 saturated heterocycles. The number of hydrogen-bond donors (Lipinski definition) is 1. The van der Waals surface area contributed by atoms with Crippen molar-refractivity contribution in [1.29, 1.82) is 0 Å². The van der Waals surface area contributed by atoms with E-state index in [-0.39, 0.29) is 21.0 Å². The molecule has 0 aliphatic rings. The molecule has 0 unspecified atom stereocenters. The summed E-state index contributed by atoms with van der Waals surface area (Å²) in [5.74, 6) is -1.47. The maximum Gasteiger partial charge on any atom is 0.421 e. The lowest BCUT2D eigenvalue weighted by atomic mass is 10.2. The molecule has 1 N–H and O–H groups in total. The van der Waals surface area contributed by atoms with Crippen LogP contribution in [0.15, 0.2) is 18.3 Å². The van der Waals surface area contributed by atoms with Gasteiger partial charge in [-0.25, -0.2) is 9.37 Å². The van der Waals surface area contributed by atoms with Crippen molar-refractivity contribution in [2.45, 2.75) is 6.18 Å². The van der Waals surface area contributed by atoms with Crippen LogP contribution in [-0.4, -0.2) is 9.97 Å². The van der Waals surface area contributed by atoms with Gasteiger partial charge in [0.15, 0.2) is 5.82 Å². The predicted octanol–water partition coefficient (Wildman–Crippen LogP) is 5.34. The molecule has 2 aromatic rings. The van der Waals surface area contributed by atoms with Crippen LogP contribution in [-0.2, 0) is 6.18 Å². The average molecular weight is 361 g/mol. The minimum Gasteiger partial charge on any atom is -0.339 e. The molecule has 1 heterocycles. The number of benzene rings is 1. The molecule has 0 aliphatic carbocycles. The van der Waals surface area contributed by atoms with Crippen LogP contribution in [0.5, 0.6) is 0 Å². The van der Waals surface area contributed by atoms with E-state index in [0.29, 0.717) is 6.20 Å². The molecule has 0 spiro atoms. The first-order chi connectivity index (χ1) is 9.68. The van der Waals surface area contributed by atoms with Crippen LogP contribution in [0.2, 0.25) is 15.3 Å². The Labute approximate surface area is 130 Å². The fourth-order valence-corrected chi connectivity index (χ4v) is 2.05. The van der Waals surface area contributed by atoms with Crippen molar-refractivity contribution in [2.75, 3.05) is 5.32 Å². The summed E-state index contributed by atoms with van der Waals surface area (Å²) in [7, 11) is 0. The molecule has 112 valence electrons. The summed E-state index contributed by atoms with van der Waals surface area (Å²) >= 11 is 16.6. The monoisotopic (exact) mass is 359 g/mol. The first-order valence-corrected chi connectivity index (χ1v) is 6.33. The summed E-state index contributed by atoms with van der Waals surface area (Å²) in [6, 6.07) is 2.14. The molecule has 0 amide bonds. The molecule has 0 fully saturated rings. The zero-order valence-corrected chi connectivity index (χ0v) is 12.0. The lowest BCUT2D eigenvalue weighted by Gasteiger charge is -2.13. The van der Waals surface area contributed by atoms with Crippen LogP contribution >= 0.6 is 34.8 Å². The maximum atomic E-state index is 13.3. The summed E-state index contributed by atoms with van der Waals surface area (Å²) < 4.78 is 51.8. The first kappa shape index (κ1) is 16.1. The number of anilines is 2. The van der Waals surface area contributed by atoms with Gasteiger partial charge >= 0.3 is 6.18 Å². The largest absolute Gasteiger partial charge is 0.421 e. The number of alkyl halides is 3. The Morgan fingerprint density at radius 1 is 1.05 bits per heavy atom. The standard InChI is InChI=1S/C11H4Cl3F4N3/c12-6-1-4(2-7(13)8(6)15)20-9-5(11(16,17)18)3-19-10(14)21-9/h1-3H,(H,19,20,21).